The predicted molar refractivity (Wildman–Crippen MR) is 145 cm³/mol. The molecule has 174 valence electrons. The monoisotopic (exact) mass is 469 g/mol. The fourth-order valence-corrected chi connectivity index (χ4v) is 4.50. The van der Waals surface area contributed by atoms with E-state index in [9.17, 15) is 0 Å². The van der Waals surface area contributed by atoms with Gasteiger partial charge in [-0.15, -0.1) is 0 Å². The van der Waals surface area contributed by atoms with E-state index in [0.717, 1.165) is 62.3 Å². The van der Waals surface area contributed by atoms with Crippen LogP contribution in [0.25, 0.3) is 30.5 Å². The second kappa shape index (κ2) is 8.32. The number of H-pyrrole nitrogens is 3. The van der Waals surface area contributed by atoms with Crippen LogP contribution in [0.3, 0.4) is 0 Å². The SMILES string of the molecule is C1=CC2=NC1=Cc1ccc([nH]1)C=c1ccc([nH]1)=CN1C=CN(C=C3C=CC(=N3)C=c3ccc([nH]3)=C2)C1. The van der Waals surface area contributed by atoms with Crippen molar-refractivity contribution < 1.29 is 0 Å². The molecule has 7 nitrogen and oxygen atoms in total. The van der Waals surface area contributed by atoms with Gasteiger partial charge in [-0.1, -0.05) is 0 Å². The number of hydrogen-bond donors (Lipinski definition) is 3. The van der Waals surface area contributed by atoms with Crippen molar-refractivity contribution >= 4 is 41.9 Å². The molecule has 0 saturated heterocycles. The van der Waals surface area contributed by atoms with Crippen molar-refractivity contribution in [2.45, 2.75) is 0 Å². The summed E-state index contributed by atoms with van der Waals surface area (Å²) in [5.74, 6) is 0. The lowest BCUT2D eigenvalue weighted by Gasteiger charge is -2.14. The van der Waals surface area contributed by atoms with E-state index in [-0.39, 0.29) is 0 Å². The van der Waals surface area contributed by atoms with Crippen molar-refractivity contribution in [3.8, 4) is 0 Å². The highest BCUT2D eigenvalue weighted by molar-refractivity contribution is 6.20. The van der Waals surface area contributed by atoms with Crippen LogP contribution in [0.15, 0.2) is 101 Å². The van der Waals surface area contributed by atoms with Crippen LogP contribution in [0.4, 0.5) is 0 Å². The van der Waals surface area contributed by atoms with E-state index in [0.29, 0.717) is 0 Å². The van der Waals surface area contributed by atoms with Gasteiger partial charge in [0.05, 0.1) is 34.8 Å². The Bertz CT molecular complexity index is 1830. The molecule has 0 saturated carbocycles. The van der Waals surface area contributed by atoms with Crippen LogP contribution in [0.5, 0.6) is 0 Å². The minimum Gasteiger partial charge on any atom is -0.355 e. The zero-order valence-electron chi connectivity index (χ0n) is 19.4. The molecule has 12 bridgehead atoms. The molecule has 7 heterocycles. The molecule has 7 rings (SSSR count). The lowest BCUT2D eigenvalue weighted by atomic mass is 10.3. The first-order chi connectivity index (χ1) is 17.7. The van der Waals surface area contributed by atoms with E-state index < -0.39 is 0 Å². The first kappa shape index (κ1) is 20.3. The van der Waals surface area contributed by atoms with E-state index in [4.69, 9.17) is 9.98 Å². The maximum atomic E-state index is 4.75. The Labute approximate surface area is 206 Å². The van der Waals surface area contributed by atoms with Crippen LogP contribution < -0.4 is 21.4 Å². The average molecular weight is 470 g/mol. The van der Waals surface area contributed by atoms with Gasteiger partial charge < -0.3 is 24.8 Å². The minimum absolute atomic E-state index is 0.729. The van der Waals surface area contributed by atoms with E-state index in [1.165, 1.54) is 0 Å². The van der Waals surface area contributed by atoms with Crippen molar-refractivity contribution in [3.63, 3.8) is 0 Å². The normalized spacial score (nSPS) is 17.9. The van der Waals surface area contributed by atoms with Crippen LogP contribution in [0, 0.1) is 0 Å². The Hall–Kier alpha value is -5.04. The van der Waals surface area contributed by atoms with Crippen molar-refractivity contribution in [3.05, 3.63) is 123 Å². The molecule has 0 aromatic carbocycles. The summed E-state index contributed by atoms with van der Waals surface area (Å²) in [6, 6.07) is 12.4. The van der Waals surface area contributed by atoms with Crippen LogP contribution in [-0.2, 0) is 0 Å². The summed E-state index contributed by atoms with van der Waals surface area (Å²) in [5.41, 5.74) is 5.70. The topological polar surface area (TPSA) is 78.6 Å². The van der Waals surface area contributed by atoms with E-state index in [1.54, 1.807) is 0 Å². The number of nitrogens with one attached hydrogen (secondary N) is 3. The smallest absolute Gasteiger partial charge is 0.0979 e. The van der Waals surface area contributed by atoms with Crippen LogP contribution in [0.1, 0.15) is 11.4 Å². The van der Waals surface area contributed by atoms with Crippen molar-refractivity contribution in [1.29, 1.82) is 0 Å². The molecular formula is C29H23N7. The Morgan fingerprint density at radius 3 is 1.89 bits per heavy atom. The third kappa shape index (κ3) is 4.25. The molecule has 0 fully saturated rings. The molecule has 0 unspecified atom stereocenters. The third-order valence-electron chi connectivity index (χ3n) is 6.16. The number of aliphatic imine (C=N–C) groups is 2. The molecule has 3 N–H and O–H groups in total. The van der Waals surface area contributed by atoms with Gasteiger partial charge in [0.1, 0.15) is 0 Å². The maximum Gasteiger partial charge on any atom is 0.0979 e. The van der Waals surface area contributed by atoms with Gasteiger partial charge in [-0.3, -0.25) is 0 Å². The van der Waals surface area contributed by atoms with Gasteiger partial charge in [0.15, 0.2) is 0 Å². The van der Waals surface area contributed by atoms with Crippen molar-refractivity contribution in [2.24, 2.45) is 9.98 Å². The highest BCUT2D eigenvalue weighted by Gasteiger charge is 2.10. The van der Waals surface area contributed by atoms with Crippen LogP contribution >= 0.6 is 0 Å². The summed E-state index contributed by atoms with van der Waals surface area (Å²) in [6.07, 6.45) is 24.6. The van der Waals surface area contributed by atoms with Gasteiger partial charge in [-0.2, -0.15) is 0 Å². The molecule has 36 heavy (non-hydrogen) atoms. The molecule has 3 aromatic heterocycles. The molecule has 0 atom stereocenters. The summed E-state index contributed by atoms with van der Waals surface area (Å²) in [5, 5.41) is 4.08. The Balaban J connectivity index is 1.30. The first-order valence-electron chi connectivity index (χ1n) is 11.8. The molecule has 3 aromatic rings. The summed E-state index contributed by atoms with van der Waals surface area (Å²) < 4.78 is 0. The summed E-state index contributed by atoms with van der Waals surface area (Å²) in [4.78, 5) is 24.1. The molecule has 7 heteroatoms. The van der Waals surface area contributed by atoms with E-state index in [2.05, 4.69) is 98.1 Å². The highest BCUT2D eigenvalue weighted by Crippen LogP contribution is 2.16. The number of hydrogen-bond acceptors (Lipinski definition) is 4. The lowest BCUT2D eigenvalue weighted by Crippen LogP contribution is -2.21. The van der Waals surface area contributed by atoms with Gasteiger partial charge in [0.25, 0.3) is 0 Å². The maximum absolute atomic E-state index is 4.75. The van der Waals surface area contributed by atoms with Crippen molar-refractivity contribution in [1.82, 2.24) is 24.8 Å². The number of aromatic amines is 3. The molecule has 0 aliphatic carbocycles. The number of rotatable bonds is 0. The number of allylic oxidation sites excluding steroid dienone is 4. The third-order valence-corrected chi connectivity index (χ3v) is 6.16. The minimum atomic E-state index is 0.729. The molecule has 4 aliphatic heterocycles. The van der Waals surface area contributed by atoms with Crippen LogP contribution in [-0.4, -0.2) is 42.8 Å². The van der Waals surface area contributed by atoms with E-state index in [1.807, 2.05) is 36.5 Å². The van der Waals surface area contributed by atoms with Crippen LogP contribution in [0.2, 0.25) is 0 Å². The van der Waals surface area contributed by atoms with Gasteiger partial charge in [0, 0.05) is 52.2 Å². The number of aromatic nitrogens is 3. The van der Waals surface area contributed by atoms with Gasteiger partial charge in [-0.05, 0) is 85.0 Å². The largest absolute Gasteiger partial charge is 0.355 e. The second-order valence-corrected chi connectivity index (χ2v) is 9.00. The van der Waals surface area contributed by atoms with Gasteiger partial charge in [-0.25, -0.2) is 9.98 Å². The zero-order chi connectivity index (χ0) is 23.9. The standard InChI is InChI=1S/C29H23N7/c1-2-21-14-23-4-6-25(32-23)16-27-8-10-29(34-27)18-36-12-11-35(19-36)17-28-9-7-26(33-28)15-24-5-3-22(31-24)13-20(1)30-21/h1-18,31-33H,19H2. The number of nitrogens with zero attached hydrogens (tertiary/aromatic N) is 4. The van der Waals surface area contributed by atoms with Gasteiger partial charge >= 0.3 is 0 Å². The van der Waals surface area contributed by atoms with E-state index >= 15 is 0 Å². The Kier molecular flexibility index (Phi) is 4.70. The first-order valence-corrected chi connectivity index (χ1v) is 11.8. The zero-order valence-corrected chi connectivity index (χ0v) is 19.4. The quantitative estimate of drug-likeness (QED) is 0.469. The molecule has 0 amide bonds. The molecular weight excluding hydrogens is 446 g/mol. The fraction of sp³-hybridized carbons (Fsp3) is 0.0345. The Morgan fingerprint density at radius 1 is 0.528 bits per heavy atom. The highest BCUT2D eigenvalue weighted by atomic mass is 15.3. The lowest BCUT2D eigenvalue weighted by molar-refractivity contribution is 0.411. The Morgan fingerprint density at radius 2 is 1.11 bits per heavy atom. The summed E-state index contributed by atoms with van der Waals surface area (Å²) in [7, 11) is 0. The molecule has 4 aliphatic rings. The van der Waals surface area contributed by atoms with Gasteiger partial charge in [0.2, 0.25) is 0 Å². The molecule has 0 radical (unpaired) electrons. The number of fused-ring (bicyclic) bond motifs is 10. The second-order valence-electron chi connectivity index (χ2n) is 9.00. The fourth-order valence-electron chi connectivity index (χ4n) is 4.50. The summed E-state index contributed by atoms with van der Waals surface area (Å²) >= 11 is 0. The van der Waals surface area contributed by atoms with Crippen molar-refractivity contribution in [2.75, 3.05) is 6.67 Å². The summed E-state index contributed by atoms with van der Waals surface area (Å²) in [6.45, 7) is 0.729. The average Bonchev–Trinajstić information content (AvgIpc) is 3.68. The molecule has 0 spiro atoms. The predicted octanol–water partition coefficient (Wildman–Crippen LogP) is 1.76.